The minimum Gasteiger partial charge on any atom is -0.274 e. The molecule has 19 heavy (non-hydrogen) atoms. The Kier molecular flexibility index (Phi) is 3.79. The van der Waals surface area contributed by atoms with Gasteiger partial charge in [-0.2, -0.15) is 4.39 Å². The van der Waals surface area contributed by atoms with Crippen LogP contribution in [0.4, 0.5) is 14.9 Å². The zero-order valence-electron chi connectivity index (χ0n) is 9.67. The fraction of sp³-hybridized carbons (Fsp3) is 0.273. The monoisotopic (exact) mass is 284 g/mol. The van der Waals surface area contributed by atoms with Gasteiger partial charge in [0.25, 0.3) is 5.24 Å². The zero-order chi connectivity index (χ0) is 14.0. The third kappa shape index (κ3) is 2.73. The Bertz CT molecular complexity index is 548. The molecule has 0 aromatic heterocycles. The van der Waals surface area contributed by atoms with Crippen LogP contribution < -0.4 is 0 Å². The Labute approximate surface area is 111 Å². The molecule has 1 aromatic rings. The molecule has 100 valence electrons. The van der Waals surface area contributed by atoms with Gasteiger partial charge in [0, 0.05) is 23.8 Å². The maximum atomic E-state index is 13.8. The zero-order valence-corrected chi connectivity index (χ0v) is 10.5. The predicted molar refractivity (Wildman–Crippen MR) is 66.1 cm³/mol. The Balaban J connectivity index is 2.28. The first-order chi connectivity index (χ1) is 9.00. The Hall–Kier alpha value is -1.96. The Morgan fingerprint density at radius 3 is 2.79 bits per heavy atom. The molecule has 0 atom stereocenters. The van der Waals surface area contributed by atoms with Crippen molar-refractivity contribution >= 4 is 28.6 Å². The van der Waals surface area contributed by atoms with Crippen molar-refractivity contribution < 1.29 is 18.9 Å². The smallest absolute Gasteiger partial charge is 0.274 e. The SMILES string of the molecule is O=C1CCSC(=O)N1Cc1cccc([N+](=O)[O-])c1F. The lowest BCUT2D eigenvalue weighted by atomic mass is 10.1. The number of hydrogen-bond acceptors (Lipinski definition) is 5. The normalized spacial score (nSPS) is 15.7. The van der Waals surface area contributed by atoms with Crippen LogP contribution >= 0.6 is 11.8 Å². The van der Waals surface area contributed by atoms with Crippen LogP contribution in [0.15, 0.2) is 18.2 Å². The van der Waals surface area contributed by atoms with Crippen molar-refractivity contribution in [3.05, 3.63) is 39.7 Å². The molecule has 0 saturated carbocycles. The standard InChI is InChI=1S/C11H9FN2O4S/c12-10-7(2-1-3-8(10)14(17)18)6-13-9(15)4-5-19-11(13)16/h1-3H,4-6H2. The first kappa shape index (κ1) is 13.5. The molecule has 6 nitrogen and oxygen atoms in total. The molecule has 0 N–H and O–H groups in total. The van der Waals surface area contributed by atoms with Crippen molar-refractivity contribution in [1.82, 2.24) is 4.90 Å². The van der Waals surface area contributed by atoms with Crippen LogP contribution in [0.2, 0.25) is 0 Å². The van der Waals surface area contributed by atoms with Crippen molar-refractivity contribution in [2.45, 2.75) is 13.0 Å². The average molecular weight is 284 g/mol. The third-order valence-corrected chi connectivity index (χ3v) is 3.52. The first-order valence-electron chi connectivity index (χ1n) is 5.39. The van der Waals surface area contributed by atoms with Gasteiger partial charge in [-0.05, 0) is 0 Å². The summed E-state index contributed by atoms with van der Waals surface area (Å²) in [6.45, 7) is -0.280. The number of carbonyl (C=O) groups is 2. The number of benzene rings is 1. The third-order valence-electron chi connectivity index (χ3n) is 2.65. The largest absolute Gasteiger partial charge is 0.305 e. The number of hydrogen-bond donors (Lipinski definition) is 0. The fourth-order valence-electron chi connectivity index (χ4n) is 1.69. The first-order valence-corrected chi connectivity index (χ1v) is 6.38. The number of nitrogens with zero attached hydrogens (tertiary/aromatic N) is 2. The van der Waals surface area contributed by atoms with Gasteiger partial charge in [0.2, 0.25) is 11.7 Å². The van der Waals surface area contributed by atoms with Crippen molar-refractivity contribution in [2.75, 3.05) is 5.75 Å². The van der Waals surface area contributed by atoms with Crippen LogP contribution in [0.5, 0.6) is 0 Å². The minimum atomic E-state index is -1.01. The summed E-state index contributed by atoms with van der Waals surface area (Å²) in [5.41, 5.74) is -0.708. The van der Waals surface area contributed by atoms with Gasteiger partial charge in [-0.25, -0.2) is 0 Å². The molecule has 0 radical (unpaired) electrons. The number of halogens is 1. The molecular formula is C11H9FN2O4S. The molecule has 1 fully saturated rings. The van der Waals surface area contributed by atoms with Crippen LogP contribution in [0, 0.1) is 15.9 Å². The lowest BCUT2D eigenvalue weighted by Gasteiger charge is -2.24. The molecule has 0 bridgehead atoms. The summed E-state index contributed by atoms with van der Waals surface area (Å²) in [5, 5.41) is 10.2. The van der Waals surface area contributed by atoms with E-state index in [0.29, 0.717) is 5.75 Å². The van der Waals surface area contributed by atoms with E-state index >= 15 is 0 Å². The van der Waals surface area contributed by atoms with Gasteiger partial charge < -0.3 is 0 Å². The quantitative estimate of drug-likeness (QED) is 0.628. The molecule has 1 aliphatic heterocycles. The van der Waals surface area contributed by atoms with Crippen LogP contribution in [-0.2, 0) is 11.3 Å². The van der Waals surface area contributed by atoms with E-state index < -0.39 is 27.6 Å². The topological polar surface area (TPSA) is 80.5 Å². The van der Waals surface area contributed by atoms with Crippen LogP contribution in [0.25, 0.3) is 0 Å². The van der Waals surface area contributed by atoms with Gasteiger partial charge in [0.1, 0.15) is 0 Å². The second-order valence-corrected chi connectivity index (χ2v) is 4.90. The number of rotatable bonds is 3. The number of imide groups is 1. The van der Waals surface area contributed by atoms with E-state index in [4.69, 9.17) is 0 Å². The molecule has 1 saturated heterocycles. The molecule has 1 aliphatic rings. The Morgan fingerprint density at radius 2 is 2.16 bits per heavy atom. The van der Waals surface area contributed by atoms with Gasteiger partial charge in [-0.15, -0.1) is 0 Å². The van der Waals surface area contributed by atoms with Crippen molar-refractivity contribution in [1.29, 1.82) is 0 Å². The summed E-state index contributed by atoms with van der Waals surface area (Å²) in [5.74, 6) is -0.996. The van der Waals surface area contributed by atoms with Crippen molar-refractivity contribution in [3.63, 3.8) is 0 Å². The summed E-state index contributed by atoms with van der Waals surface area (Å²) >= 11 is 0.975. The molecule has 0 spiro atoms. The van der Waals surface area contributed by atoms with Gasteiger partial charge in [-0.1, -0.05) is 23.9 Å². The fourth-order valence-corrected chi connectivity index (χ4v) is 2.47. The molecule has 2 rings (SSSR count). The summed E-state index contributed by atoms with van der Waals surface area (Å²) in [6, 6.07) is 3.68. The highest BCUT2D eigenvalue weighted by atomic mass is 32.2. The minimum absolute atomic E-state index is 0.0431. The van der Waals surface area contributed by atoms with E-state index in [0.717, 1.165) is 22.7 Å². The van der Waals surface area contributed by atoms with Crippen molar-refractivity contribution in [3.8, 4) is 0 Å². The average Bonchev–Trinajstić information content (AvgIpc) is 2.35. The summed E-state index contributed by atoms with van der Waals surface area (Å²) < 4.78 is 13.8. The molecule has 0 unspecified atom stereocenters. The molecular weight excluding hydrogens is 275 g/mol. The molecule has 1 heterocycles. The predicted octanol–water partition coefficient (Wildman–Crippen LogP) is 2.32. The lowest BCUT2D eigenvalue weighted by Crippen LogP contribution is -2.37. The van der Waals surface area contributed by atoms with E-state index in [1.807, 2.05) is 0 Å². The van der Waals surface area contributed by atoms with Crippen molar-refractivity contribution in [2.24, 2.45) is 0 Å². The maximum absolute atomic E-state index is 13.8. The van der Waals surface area contributed by atoms with E-state index in [1.54, 1.807) is 0 Å². The summed E-state index contributed by atoms with van der Waals surface area (Å²) in [4.78, 5) is 33.8. The van der Waals surface area contributed by atoms with Gasteiger partial charge in [0.15, 0.2) is 0 Å². The number of carbonyl (C=O) groups excluding carboxylic acids is 2. The number of thioether (sulfide) groups is 1. The maximum Gasteiger partial charge on any atom is 0.305 e. The van der Waals surface area contributed by atoms with Crippen LogP contribution in [-0.4, -0.2) is 26.7 Å². The summed E-state index contributed by atoms with van der Waals surface area (Å²) in [7, 11) is 0. The van der Waals surface area contributed by atoms with E-state index in [1.165, 1.54) is 12.1 Å². The molecule has 2 amide bonds. The highest BCUT2D eigenvalue weighted by Gasteiger charge is 2.28. The van der Waals surface area contributed by atoms with Crippen LogP contribution in [0.1, 0.15) is 12.0 Å². The highest BCUT2D eigenvalue weighted by molar-refractivity contribution is 8.13. The Morgan fingerprint density at radius 1 is 1.42 bits per heavy atom. The lowest BCUT2D eigenvalue weighted by molar-refractivity contribution is -0.387. The number of nitro groups is 1. The number of nitro benzene ring substituents is 1. The van der Waals surface area contributed by atoms with Gasteiger partial charge >= 0.3 is 5.69 Å². The van der Waals surface area contributed by atoms with Gasteiger partial charge in [0.05, 0.1) is 11.5 Å². The van der Waals surface area contributed by atoms with E-state index in [9.17, 15) is 24.1 Å². The summed E-state index contributed by atoms with van der Waals surface area (Å²) in [6.07, 6.45) is 0.201. The number of amides is 2. The molecule has 0 aliphatic carbocycles. The van der Waals surface area contributed by atoms with E-state index in [-0.39, 0.29) is 18.5 Å². The highest BCUT2D eigenvalue weighted by Crippen LogP contribution is 2.25. The van der Waals surface area contributed by atoms with Gasteiger partial charge in [-0.3, -0.25) is 24.6 Å². The van der Waals surface area contributed by atoms with E-state index in [2.05, 4.69) is 0 Å². The molecule has 1 aromatic carbocycles. The molecule has 8 heteroatoms. The second-order valence-electron chi connectivity index (χ2n) is 3.85. The second kappa shape index (κ2) is 5.35. The van der Waals surface area contributed by atoms with Crippen LogP contribution in [0.3, 0.4) is 0 Å².